The summed E-state index contributed by atoms with van der Waals surface area (Å²) in [4.78, 5) is 40.2. The molecule has 3 fully saturated rings. The van der Waals surface area contributed by atoms with Crippen LogP contribution in [0.2, 0.25) is 5.15 Å². The lowest BCUT2D eigenvalue weighted by atomic mass is 10.0. The number of ether oxygens (including phenoxy) is 1. The number of carbonyl (C=O) groups excluding carboxylic acids is 2. The van der Waals surface area contributed by atoms with E-state index in [-0.39, 0.29) is 23.6 Å². The van der Waals surface area contributed by atoms with Gasteiger partial charge in [0.05, 0.1) is 19.0 Å². The maximum Gasteiger partial charge on any atom is 0.233 e. The highest BCUT2D eigenvalue weighted by Crippen LogP contribution is 2.29. The van der Waals surface area contributed by atoms with Gasteiger partial charge in [-0.1, -0.05) is 49.0 Å². The van der Waals surface area contributed by atoms with Crippen molar-refractivity contribution in [2.24, 2.45) is 5.92 Å². The summed E-state index contributed by atoms with van der Waals surface area (Å²) in [5.74, 6) is 2.10. The second-order valence-electron chi connectivity index (χ2n) is 9.18. The van der Waals surface area contributed by atoms with E-state index in [1.54, 1.807) is 6.07 Å². The average molecular weight is 496 g/mol. The van der Waals surface area contributed by atoms with E-state index >= 15 is 0 Å². The fourth-order valence-electron chi connectivity index (χ4n) is 4.95. The summed E-state index contributed by atoms with van der Waals surface area (Å²) in [6, 6.07) is 1.88. The van der Waals surface area contributed by atoms with Gasteiger partial charge in [0.15, 0.2) is 5.16 Å². The number of aromatic nitrogens is 2. The van der Waals surface area contributed by atoms with E-state index in [0.29, 0.717) is 62.7 Å². The van der Waals surface area contributed by atoms with Crippen molar-refractivity contribution in [1.82, 2.24) is 19.8 Å². The molecule has 0 bridgehead atoms. The Morgan fingerprint density at radius 1 is 1.12 bits per heavy atom. The number of piperazine rings is 1. The van der Waals surface area contributed by atoms with Gasteiger partial charge in [0.1, 0.15) is 11.0 Å². The summed E-state index contributed by atoms with van der Waals surface area (Å²) in [6.07, 6.45) is 6.88. The summed E-state index contributed by atoms with van der Waals surface area (Å²) in [7, 11) is 0. The molecule has 33 heavy (non-hydrogen) atoms. The van der Waals surface area contributed by atoms with E-state index in [1.165, 1.54) is 37.4 Å². The van der Waals surface area contributed by atoms with Crippen molar-refractivity contribution in [3.8, 4) is 0 Å². The molecule has 2 saturated heterocycles. The molecule has 4 rings (SSSR count). The zero-order valence-electron chi connectivity index (χ0n) is 19.4. The number of hydrogen-bond acceptors (Lipinski definition) is 7. The first-order valence-corrected chi connectivity index (χ1v) is 13.4. The molecular weight excluding hydrogens is 462 g/mol. The van der Waals surface area contributed by atoms with Gasteiger partial charge in [-0.25, -0.2) is 9.97 Å². The van der Waals surface area contributed by atoms with Gasteiger partial charge in [0.2, 0.25) is 11.8 Å². The van der Waals surface area contributed by atoms with Crippen LogP contribution in [0.5, 0.6) is 0 Å². The van der Waals surface area contributed by atoms with Gasteiger partial charge in [-0.2, -0.15) is 0 Å². The number of carbonyl (C=O) groups is 2. The zero-order valence-corrected chi connectivity index (χ0v) is 21.0. The molecule has 1 saturated carbocycles. The molecule has 3 heterocycles. The highest BCUT2D eigenvalue weighted by atomic mass is 35.5. The molecule has 1 aliphatic carbocycles. The normalized spacial score (nSPS) is 22.1. The standard InChI is InChI=1S/C23H34ClN5O3S/c1-17-15-28(8-9-29(17)21(30)7-6-18-4-2-3-5-18)20-14-19(24)25-23(26-20)33-16-22(31)27-10-12-32-13-11-27/h14,17-18H,2-13,15-16H2,1H3. The third kappa shape index (κ3) is 6.73. The highest BCUT2D eigenvalue weighted by Gasteiger charge is 2.29. The number of amides is 2. The molecule has 182 valence electrons. The maximum atomic E-state index is 12.8. The predicted octanol–water partition coefficient (Wildman–Crippen LogP) is 3.09. The van der Waals surface area contributed by atoms with Crippen LogP contribution in [0.1, 0.15) is 45.4 Å². The van der Waals surface area contributed by atoms with E-state index in [2.05, 4.69) is 21.8 Å². The zero-order chi connectivity index (χ0) is 23.2. The Morgan fingerprint density at radius 3 is 2.61 bits per heavy atom. The summed E-state index contributed by atoms with van der Waals surface area (Å²) < 4.78 is 5.31. The lowest BCUT2D eigenvalue weighted by Crippen LogP contribution is -2.54. The summed E-state index contributed by atoms with van der Waals surface area (Å²) in [5, 5.41) is 0.867. The summed E-state index contributed by atoms with van der Waals surface area (Å²) in [5.41, 5.74) is 0. The minimum Gasteiger partial charge on any atom is -0.378 e. The first-order valence-electron chi connectivity index (χ1n) is 12.1. The average Bonchev–Trinajstić information content (AvgIpc) is 3.35. The van der Waals surface area contributed by atoms with Crippen molar-refractivity contribution in [3.05, 3.63) is 11.2 Å². The van der Waals surface area contributed by atoms with Gasteiger partial charge in [-0.15, -0.1) is 0 Å². The van der Waals surface area contributed by atoms with E-state index in [9.17, 15) is 9.59 Å². The Balaban J connectivity index is 1.30. The van der Waals surface area contributed by atoms with Crippen LogP contribution >= 0.6 is 23.4 Å². The van der Waals surface area contributed by atoms with Crippen molar-refractivity contribution in [3.63, 3.8) is 0 Å². The quantitative estimate of drug-likeness (QED) is 0.326. The molecule has 0 aromatic carbocycles. The number of rotatable bonds is 7. The van der Waals surface area contributed by atoms with Crippen LogP contribution in [0, 0.1) is 5.92 Å². The highest BCUT2D eigenvalue weighted by molar-refractivity contribution is 7.99. The molecule has 1 aromatic rings. The SMILES string of the molecule is CC1CN(c2cc(Cl)nc(SCC(=O)N3CCOCC3)n2)CCN1C(=O)CCC1CCCC1. The molecule has 8 nitrogen and oxygen atoms in total. The molecule has 2 amide bonds. The van der Waals surface area contributed by atoms with Crippen molar-refractivity contribution in [1.29, 1.82) is 0 Å². The Hall–Kier alpha value is -1.58. The molecule has 1 aromatic heterocycles. The van der Waals surface area contributed by atoms with Crippen molar-refractivity contribution >= 4 is 41.0 Å². The van der Waals surface area contributed by atoms with E-state index in [0.717, 1.165) is 18.2 Å². The lowest BCUT2D eigenvalue weighted by Gasteiger charge is -2.40. The Morgan fingerprint density at radius 2 is 1.88 bits per heavy atom. The summed E-state index contributed by atoms with van der Waals surface area (Å²) in [6.45, 7) is 6.63. The second kappa shape index (κ2) is 11.7. The number of thioether (sulfide) groups is 1. The fourth-order valence-corrected chi connectivity index (χ4v) is 5.93. The van der Waals surface area contributed by atoms with Crippen LogP contribution < -0.4 is 4.90 Å². The molecule has 0 N–H and O–H groups in total. The van der Waals surface area contributed by atoms with Crippen LogP contribution in [0.15, 0.2) is 11.2 Å². The van der Waals surface area contributed by atoms with E-state index in [1.807, 2.05) is 9.80 Å². The molecular formula is C23H34ClN5O3S. The van der Waals surface area contributed by atoms with Crippen LogP contribution in [0.25, 0.3) is 0 Å². The van der Waals surface area contributed by atoms with Crippen LogP contribution in [-0.2, 0) is 14.3 Å². The Kier molecular flexibility index (Phi) is 8.71. The number of morpholine rings is 1. The molecule has 10 heteroatoms. The topological polar surface area (TPSA) is 78.9 Å². The Bertz CT molecular complexity index is 832. The van der Waals surface area contributed by atoms with Crippen molar-refractivity contribution in [2.45, 2.75) is 56.6 Å². The third-order valence-electron chi connectivity index (χ3n) is 6.86. The first kappa shape index (κ1) is 24.5. The molecule has 0 spiro atoms. The Labute approximate surface area is 205 Å². The number of nitrogens with zero attached hydrogens (tertiary/aromatic N) is 5. The van der Waals surface area contributed by atoms with Crippen molar-refractivity contribution in [2.75, 3.05) is 56.6 Å². The third-order valence-corrected chi connectivity index (χ3v) is 7.89. The van der Waals surface area contributed by atoms with Gasteiger partial charge in [0.25, 0.3) is 0 Å². The second-order valence-corrected chi connectivity index (χ2v) is 10.5. The fraction of sp³-hybridized carbons (Fsp3) is 0.739. The first-order chi connectivity index (χ1) is 16.0. The smallest absolute Gasteiger partial charge is 0.233 e. The number of hydrogen-bond donors (Lipinski definition) is 0. The predicted molar refractivity (Wildman–Crippen MR) is 130 cm³/mol. The largest absolute Gasteiger partial charge is 0.378 e. The number of halogens is 1. The molecule has 1 unspecified atom stereocenters. The van der Waals surface area contributed by atoms with E-state index < -0.39 is 0 Å². The van der Waals surface area contributed by atoms with Gasteiger partial charge in [-0.3, -0.25) is 9.59 Å². The minimum atomic E-state index is 0.0618. The monoisotopic (exact) mass is 495 g/mol. The number of anilines is 1. The molecule has 3 aliphatic rings. The van der Waals surface area contributed by atoms with Gasteiger partial charge in [-0.05, 0) is 19.3 Å². The van der Waals surface area contributed by atoms with Crippen LogP contribution in [0.3, 0.4) is 0 Å². The van der Waals surface area contributed by atoms with Gasteiger partial charge >= 0.3 is 0 Å². The molecule has 0 radical (unpaired) electrons. The van der Waals surface area contributed by atoms with Gasteiger partial charge < -0.3 is 19.4 Å². The maximum absolute atomic E-state index is 12.8. The molecule has 2 aliphatic heterocycles. The van der Waals surface area contributed by atoms with Gasteiger partial charge in [0, 0.05) is 51.3 Å². The van der Waals surface area contributed by atoms with Crippen molar-refractivity contribution < 1.29 is 14.3 Å². The molecule has 1 atom stereocenters. The summed E-state index contributed by atoms with van der Waals surface area (Å²) >= 11 is 7.59. The lowest BCUT2D eigenvalue weighted by molar-refractivity contribution is -0.134. The minimum absolute atomic E-state index is 0.0618. The van der Waals surface area contributed by atoms with Crippen LogP contribution in [0.4, 0.5) is 5.82 Å². The van der Waals surface area contributed by atoms with E-state index in [4.69, 9.17) is 16.3 Å². The van der Waals surface area contributed by atoms with Crippen LogP contribution in [-0.4, -0.2) is 89.3 Å².